The zero-order valence-corrected chi connectivity index (χ0v) is 17.8. The van der Waals surface area contributed by atoms with Crippen molar-refractivity contribution in [3.05, 3.63) is 77.6 Å². The van der Waals surface area contributed by atoms with Crippen LogP contribution in [0.2, 0.25) is 0 Å². The van der Waals surface area contributed by atoms with Crippen molar-refractivity contribution in [2.24, 2.45) is 0 Å². The molecule has 1 aliphatic heterocycles. The smallest absolute Gasteiger partial charge is 0.276 e. The second-order valence-electron chi connectivity index (χ2n) is 7.32. The average Bonchev–Trinajstić information content (AvgIpc) is 3.26. The van der Waals surface area contributed by atoms with E-state index in [0.717, 1.165) is 49.4 Å². The van der Waals surface area contributed by atoms with Crippen molar-refractivity contribution in [2.75, 3.05) is 25.5 Å². The molecule has 2 N–H and O–H groups in total. The molecule has 1 aromatic heterocycles. The van der Waals surface area contributed by atoms with Gasteiger partial charge in [-0.1, -0.05) is 30.3 Å². The third-order valence-electron chi connectivity index (χ3n) is 5.26. The minimum atomic E-state index is -0.205. The molecule has 0 radical (unpaired) electrons. The maximum Gasteiger partial charge on any atom is 0.276 e. The molecular weight excluding hydrogens is 400 g/mol. The number of methoxy groups -OCH3 is 1. The highest BCUT2D eigenvalue weighted by Crippen LogP contribution is 2.25. The van der Waals surface area contributed by atoms with E-state index >= 15 is 0 Å². The predicted molar refractivity (Wildman–Crippen MR) is 121 cm³/mol. The second-order valence-corrected chi connectivity index (χ2v) is 7.32. The van der Waals surface area contributed by atoms with E-state index < -0.39 is 0 Å². The summed E-state index contributed by atoms with van der Waals surface area (Å²) in [5, 5.41) is 10.8. The number of rotatable bonds is 6. The Kier molecular flexibility index (Phi) is 7.49. The van der Waals surface area contributed by atoms with Gasteiger partial charge < -0.3 is 15.4 Å². The molecule has 1 fully saturated rings. The Labute approximate surface area is 183 Å². The first-order chi connectivity index (χ1) is 14.2. The van der Waals surface area contributed by atoms with Crippen LogP contribution in [0.4, 0.5) is 5.69 Å². The van der Waals surface area contributed by atoms with E-state index in [4.69, 9.17) is 4.74 Å². The van der Waals surface area contributed by atoms with Gasteiger partial charge in [0, 0.05) is 30.4 Å². The van der Waals surface area contributed by atoms with Crippen molar-refractivity contribution in [2.45, 2.75) is 25.3 Å². The molecule has 6 nitrogen and oxygen atoms in total. The summed E-state index contributed by atoms with van der Waals surface area (Å²) in [7, 11) is 1.66. The summed E-state index contributed by atoms with van der Waals surface area (Å²) in [5.74, 6) is 0.601. The topological polar surface area (TPSA) is 68.2 Å². The van der Waals surface area contributed by atoms with Gasteiger partial charge in [0.25, 0.3) is 5.91 Å². The number of carbonyl (C=O) groups is 1. The fourth-order valence-electron chi connectivity index (χ4n) is 3.73. The maximum atomic E-state index is 12.7. The molecule has 1 aliphatic rings. The van der Waals surface area contributed by atoms with Crippen LogP contribution in [0.5, 0.6) is 5.75 Å². The van der Waals surface area contributed by atoms with Crippen LogP contribution in [0.3, 0.4) is 0 Å². The standard InChI is InChI=1S/C23H26N4O2.ClH/c1-29-22-10-9-19(15-18(22)14-17-6-3-2-4-7-17)25-23(28)21-11-13-27(26-21)20-8-5-12-24-16-20;/h2-4,6-7,9-11,13,15,20,24H,5,8,12,14,16H2,1H3,(H,25,28);1H. The number of amides is 1. The number of aromatic nitrogens is 2. The van der Waals surface area contributed by atoms with E-state index in [1.807, 2.05) is 47.3 Å². The maximum absolute atomic E-state index is 12.7. The van der Waals surface area contributed by atoms with E-state index in [9.17, 15) is 4.79 Å². The zero-order valence-electron chi connectivity index (χ0n) is 17.0. The molecule has 1 atom stereocenters. The molecule has 1 unspecified atom stereocenters. The molecule has 1 saturated heterocycles. The minimum absolute atomic E-state index is 0. The van der Waals surface area contributed by atoms with Crippen LogP contribution >= 0.6 is 12.4 Å². The molecule has 4 rings (SSSR count). The molecule has 2 aromatic carbocycles. The van der Waals surface area contributed by atoms with Crippen LogP contribution in [0, 0.1) is 0 Å². The quantitative estimate of drug-likeness (QED) is 0.623. The van der Waals surface area contributed by atoms with Gasteiger partial charge in [0.15, 0.2) is 5.69 Å². The third-order valence-corrected chi connectivity index (χ3v) is 5.26. The lowest BCUT2D eigenvalue weighted by atomic mass is 10.0. The van der Waals surface area contributed by atoms with E-state index in [-0.39, 0.29) is 18.3 Å². The Balaban J connectivity index is 0.00000256. The highest BCUT2D eigenvalue weighted by atomic mass is 35.5. The summed E-state index contributed by atoms with van der Waals surface area (Å²) in [6, 6.07) is 18.0. The minimum Gasteiger partial charge on any atom is -0.496 e. The van der Waals surface area contributed by atoms with Gasteiger partial charge in [0.1, 0.15) is 5.75 Å². The Morgan fingerprint density at radius 2 is 2.07 bits per heavy atom. The van der Waals surface area contributed by atoms with Crippen molar-refractivity contribution < 1.29 is 9.53 Å². The average molecular weight is 427 g/mol. The van der Waals surface area contributed by atoms with Crippen molar-refractivity contribution in [1.82, 2.24) is 15.1 Å². The van der Waals surface area contributed by atoms with Crippen LogP contribution in [-0.2, 0) is 6.42 Å². The Morgan fingerprint density at radius 3 is 2.80 bits per heavy atom. The molecule has 1 amide bonds. The Hall–Kier alpha value is -2.83. The molecule has 0 aliphatic carbocycles. The SMILES string of the molecule is COc1ccc(NC(=O)c2ccn(C3CCCNC3)n2)cc1Cc1ccccc1.Cl. The van der Waals surface area contributed by atoms with Crippen LogP contribution in [0.15, 0.2) is 60.8 Å². The lowest BCUT2D eigenvalue weighted by molar-refractivity contribution is 0.102. The Bertz CT molecular complexity index is 968. The van der Waals surface area contributed by atoms with Gasteiger partial charge in [0.2, 0.25) is 0 Å². The van der Waals surface area contributed by atoms with Crippen LogP contribution in [-0.4, -0.2) is 35.9 Å². The number of nitrogens with one attached hydrogen (secondary N) is 2. The second kappa shape index (κ2) is 10.3. The molecule has 3 aromatic rings. The normalized spacial score (nSPS) is 15.8. The summed E-state index contributed by atoms with van der Waals surface area (Å²) < 4.78 is 7.40. The lowest BCUT2D eigenvalue weighted by Crippen LogP contribution is -2.32. The van der Waals surface area contributed by atoms with Crippen LogP contribution in [0.25, 0.3) is 0 Å². The van der Waals surface area contributed by atoms with E-state index in [2.05, 4.69) is 27.9 Å². The third kappa shape index (κ3) is 5.20. The summed E-state index contributed by atoms with van der Waals surface area (Å²) in [6.45, 7) is 1.94. The number of halogens is 1. The van der Waals surface area contributed by atoms with E-state index in [1.54, 1.807) is 13.2 Å². The van der Waals surface area contributed by atoms with Gasteiger partial charge in [-0.25, -0.2) is 0 Å². The zero-order chi connectivity index (χ0) is 20.1. The number of piperidine rings is 1. The monoisotopic (exact) mass is 426 g/mol. The molecule has 0 bridgehead atoms. The first-order valence-corrected chi connectivity index (χ1v) is 10.0. The summed E-state index contributed by atoms with van der Waals surface area (Å²) in [5.41, 5.74) is 3.37. The molecule has 2 heterocycles. The largest absolute Gasteiger partial charge is 0.496 e. The summed E-state index contributed by atoms with van der Waals surface area (Å²) >= 11 is 0. The Morgan fingerprint density at radius 1 is 1.23 bits per heavy atom. The van der Waals surface area contributed by atoms with Crippen molar-refractivity contribution in [3.8, 4) is 5.75 Å². The number of hydrogen-bond acceptors (Lipinski definition) is 4. The van der Waals surface area contributed by atoms with Gasteiger partial charge >= 0.3 is 0 Å². The molecule has 158 valence electrons. The van der Waals surface area contributed by atoms with Crippen molar-refractivity contribution >= 4 is 24.0 Å². The van der Waals surface area contributed by atoms with Gasteiger partial charge in [0.05, 0.1) is 13.2 Å². The van der Waals surface area contributed by atoms with Gasteiger partial charge in [-0.05, 0) is 49.2 Å². The number of nitrogens with zero attached hydrogens (tertiary/aromatic N) is 2. The lowest BCUT2D eigenvalue weighted by Gasteiger charge is -2.22. The highest BCUT2D eigenvalue weighted by molar-refractivity contribution is 6.02. The number of ether oxygens (including phenoxy) is 1. The molecule has 0 saturated carbocycles. The number of carbonyl (C=O) groups excluding carboxylic acids is 1. The van der Waals surface area contributed by atoms with E-state index in [0.29, 0.717) is 11.7 Å². The van der Waals surface area contributed by atoms with Gasteiger partial charge in [-0.2, -0.15) is 5.10 Å². The fraction of sp³-hybridized carbons (Fsp3) is 0.304. The number of hydrogen-bond donors (Lipinski definition) is 2. The highest BCUT2D eigenvalue weighted by Gasteiger charge is 2.18. The van der Waals surface area contributed by atoms with Crippen LogP contribution < -0.4 is 15.4 Å². The number of benzene rings is 2. The van der Waals surface area contributed by atoms with E-state index in [1.165, 1.54) is 5.56 Å². The summed E-state index contributed by atoms with van der Waals surface area (Å²) in [4.78, 5) is 12.7. The predicted octanol–water partition coefficient (Wildman–Crippen LogP) is 4.08. The molecule has 7 heteroatoms. The van der Waals surface area contributed by atoms with Crippen molar-refractivity contribution in [1.29, 1.82) is 0 Å². The first-order valence-electron chi connectivity index (χ1n) is 10.0. The van der Waals surface area contributed by atoms with Crippen LogP contribution in [0.1, 0.15) is 40.5 Å². The van der Waals surface area contributed by atoms with Gasteiger partial charge in [-0.3, -0.25) is 9.48 Å². The van der Waals surface area contributed by atoms with Gasteiger partial charge in [-0.15, -0.1) is 12.4 Å². The molecule has 0 spiro atoms. The molecular formula is C23H27ClN4O2. The number of anilines is 1. The molecule has 30 heavy (non-hydrogen) atoms. The van der Waals surface area contributed by atoms with Crippen molar-refractivity contribution in [3.63, 3.8) is 0 Å². The first kappa shape index (κ1) is 21.9. The summed E-state index contributed by atoms with van der Waals surface area (Å²) in [6.07, 6.45) is 4.83. The fourth-order valence-corrected chi connectivity index (χ4v) is 3.73.